The fourth-order valence-electron chi connectivity index (χ4n) is 5.80. The lowest BCUT2D eigenvalue weighted by Crippen LogP contribution is -2.36. The third-order valence-corrected chi connectivity index (χ3v) is 9.10. The van der Waals surface area contributed by atoms with Crippen molar-refractivity contribution < 1.29 is 18.6 Å². The summed E-state index contributed by atoms with van der Waals surface area (Å²) in [6.45, 7) is 9.76. The summed E-state index contributed by atoms with van der Waals surface area (Å²) >= 11 is 1.54. The quantitative estimate of drug-likeness (QED) is 0.159. The Bertz CT molecular complexity index is 1830. The highest BCUT2D eigenvalue weighted by Crippen LogP contribution is 2.40. The van der Waals surface area contributed by atoms with E-state index >= 15 is 4.39 Å². The number of hydrogen-bond donors (Lipinski definition) is 0. The minimum absolute atomic E-state index is 0.0379. The minimum Gasteiger partial charge on any atom is -0.489 e. The lowest BCUT2D eigenvalue weighted by atomic mass is 10.0. The number of halogens is 1. The molecule has 2 fully saturated rings. The molecule has 5 aromatic rings. The zero-order valence-electron chi connectivity index (χ0n) is 27.7. The van der Waals surface area contributed by atoms with Gasteiger partial charge in [0, 0.05) is 48.0 Å². The molecular formula is C38H42FN4O3PS. The molecule has 3 aromatic carbocycles. The van der Waals surface area contributed by atoms with E-state index in [2.05, 4.69) is 25.3 Å². The van der Waals surface area contributed by atoms with Crippen molar-refractivity contribution in [2.45, 2.75) is 37.7 Å². The smallest absolute Gasteiger partial charge is 0.151 e. The molecule has 0 amide bonds. The predicted octanol–water partition coefficient (Wildman–Crippen LogP) is 8.85. The molecule has 10 heteroatoms. The van der Waals surface area contributed by atoms with E-state index < -0.39 is 0 Å². The molecular weight excluding hydrogens is 642 g/mol. The zero-order valence-corrected chi connectivity index (χ0v) is 29.7. The van der Waals surface area contributed by atoms with Crippen LogP contribution in [0.2, 0.25) is 0 Å². The number of benzene rings is 3. The first-order valence-electron chi connectivity index (χ1n) is 16.4. The van der Waals surface area contributed by atoms with Crippen LogP contribution in [0, 0.1) is 17.1 Å². The number of pyridine rings is 1. The Morgan fingerprint density at radius 2 is 1.60 bits per heavy atom. The number of ether oxygens (including phenoxy) is 3. The van der Waals surface area contributed by atoms with Crippen LogP contribution in [0.3, 0.4) is 0 Å². The average molecular weight is 685 g/mol. The normalized spacial score (nSPS) is 14.7. The average Bonchev–Trinajstić information content (AvgIpc) is 3.53. The van der Waals surface area contributed by atoms with E-state index in [4.69, 9.17) is 19.2 Å². The van der Waals surface area contributed by atoms with Gasteiger partial charge in [0.2, 0.25) is 0 Å². The van der Waals surface area contributed by atoms with Gasteiger partial charge in [0.05, 0.1) is 43.4 Å². The maximum absolute atomic E-state index is 15.6. The first-order valence-corrected chi connectivity index (χ1v) is 18.3. The molecule has 250 valence electrons. The molecule has 0 saturated carbocycles. The van der Waals surface area contributed by atoms with Gasteiger partial charge in [-0.25, -0.2) is 9.37 Å². The van der Waals surface area contributed by atoms with E-state index in [9.17, 15) is 5.26 Å². The lowest BCUT2D eigenvalue weighted by Gasteiger charge is -2.29. The molecule has 2 aliphatic rings. The number of hydrogen-bond acceptors (Lipinski definition) is 7. The lowest BCUT2D eigenvalue weighted by molar-refractivity contribution is 0.0254. The van der Waals surface area contributed by atoms with Crippen LogP contribution in [0.25, 0.3) is 33.4 Å². The van der Waals surface area contributed by atoms with E-state index in [0.717, 1.165) is 51.2 Å². The molecule has 7 rings (SSSR count). The van der Waals surface area contributed by atoms with Crippen LogP contribution in [-0.4, -0.2) is 61.2 Å². The predicted molar refractivity (Wildman–Crippen MR) is 197 cm³/mol. The molecule has 0 N–H and O–H groups in total. The van der Waals surface area contributed by atoms with Crippen LogP contribution < -0.4 is 9.64 Å². The molecule has 1 unspecified atom stereocenters. The van der Waals surface area contributed by atoms with Crippen LogP contribution in [-0.2, 0) is 9.47 Å². The fraction of sp³-hybridized carbons (Fsp3) is 0.316. The number of morpholine rings is 1. The number of anilines is 1. The molecule has 2 aromatic heterocycles. The van der Waals surface area contributed by atoms with Crippen molar-refractivity contribution in [2.75, 3.05) is 51.1 Å². The van der Waals surface area contributed by atoms with Crippen LogP contribution >= 0.6 is 21.2 Å². The van der Waals surface area contributed by atoms with Crippen molar-refractivity contribution in [2.24, 2.45) is 0 Å². The van der Waals surface area contributed by atoms with Crippen molar-refractivity contribution in [3.8, 4) is 34.2 Å². The molecule has 4 heterocycles. The van der Waals surface area contributed by atoms with Gasteiger partial charge < -0.3 is 19.1 Å². The number of aromatic nitrogens is 2. The highest BCUT2D eigenvalue weighted by molar-refractivity contribution is 7.98. The number of rotatable bonds is 7. The largest absolute Gasteiger partial charge is 0.489 e. The van der Waals surface area contributed by atoms with Crippen molar-refractivity contribution in [1.82, 2.24) is 8.96 Å². The Labute approximate surface area is 289 Å². The number of nitriles is 1. The summed E-state index contributed by atoms with van der Waals surface area (Å²) in [4.78, 5) is 7.84. The SMILES string of the molecule is CC.CP.N#Cc1cc(-c2ccnc3c2cc(-c2ccc(N4CCOCC4)c(F)c2)n3Sc2ccccc2)ccc1OC1CCOCC1. The van der Waals surface area contributed by atoms with Gasteiger partial charge in [-0.2, -0.15) is 5.26 Å². The van der Waals surface area contributed by atoms with Gasteiger partial charge in [-0.3, -0.25) is 3.97 Å². The molecule has 7 nitrogen and oxygen atoms in total. The Kier molecular flexibility index (Phi) is 12.9. The van der Waals surface area contributed by atoms with Gasteiger partial charge in [-0.05, 0) is 71.6 Å². The molecule has 0 radical (unpaired) electrons. The van der Waals surface area contributed by atoms with Gasteiger partial charge in [0.15, 0.2) is 5.65 Å². The van der Waals surface area contributed by atoms with Crippen molar-refractivity contribution in [3.63, 3.8) is 0 Å². The summed E-state index contributed by atoms with van der Waals surface area (Å²) in [5.74, 6) is 0.319. The summed E-state index contributed by atoms with van der Waals surface area (Å²) in [7, 11) is 2.42. The molecule has 0 bridgehead atoms. The van der Waals surface area contributed by atoms with E-state index in [1.807, 2.05) is 92.1 Å². The van der Waals surface area contributed by atoms with Crippen molar-refractivity contribution >= 4 is 37.9 Å². The van der Waals surface area contributed by atoms with E-state index in [-0.39, 0.29) is 11.9 Å². The Morgan fingerprint density at radius 3 is 2.31 bits per heavy atom. The topological polar surface area (TPSA) is 72.5 Å². The second kappa shape index (κ2) is 17.5. The highest BCUT2D eigenvalue weighted by atomic mass is 32.2. The van der Waals surface area contributed by atoms with E-state index in [0.29, 0.717) is 56.5 Å². The summed E-state index contributed by atoms with van der Waals surface area (Å²) in [6.07, 6.45) is 3.43. The summed E-state index contributed by atoms with van der Waals surface area (Å²) < 4.78 is 34.8. The van der Waals surface area contributed by atoms with Gasteiger partial charge in [0.25, 0.3) is 0 Å². The Hall–Kier alpha value is -3.93. The molecule has 2 saturated heterocycles. The fourth-order valence-corrected chi connectivity index (χ4v) is 6.77. The number of nitrogens with zero attached hydrogens (tertiary/aromatic N) is 4. The number of fused-ring (bicyclic) bond motifs is 1. The van der Waals surface area contributed by atoms with E-state index in [1.54, 1.807) is 12.3 Å². The monoisotopic (exact) mass is 684 g/mol. The third-order valence-electron chi connectivity index (χ3n) is 8.07. The third kappa shape index (κ3) is 8.02. The first kappa shape index (κ1) is 35.4. The second-order valence-corrected chi connectivity index (χ2v) is 11.9. The standard InChI is InChI=1S/C35H31FN4O3S.C2H6.CH5P/c36-31-21-25(6-8-32(31)39-14-18-42-19-15-39)33-22-30-29(10-13-38-35(30)40(33)44-28-4-2-1-3-5-28)24-7-9-34(26(20-24)23-37)43-27-11-16-41-17-12-27;2*1-2/h1-10,13,20-22,27H,11-12,14-19H2;1-2H3;2H2,1H3. The summed E-state index contributed by atoms with van der Waals surface area (Å²) in [5, 5.41) is 10.9. The Morgan fingerprint density at radius 1 is 0.896 bits per heavy atom. The van der Waals surface area contributed by atoms with Gasteiger partial charge in [-0.15, -0.1) is 9.24 Å². The van der Waals surface area contributed by atoms with Gasteiger partial charge >= 0.3 is 0 Å². The molecule has 48 heavy (non-hydrogen) atoms. The van der Waals surface area contributed by atoms with Crippen LogP contribution in [0.15, 0.2) is 90.0 Å². The van der Waals surface area contributed by atoms with E-state index in [1.165, 1.54) is 11.9 Å². The van der Waals surface area contributed by atoms with Crippen LogP contribution in [0.1, 0.15) is 32.3 Å². The highest BCUT2D eigenvalue weighted by Gasteiger charge is 2.21. The molecule has 2 aliphatic heterocycles. The van der Waals surface area contributed by atoms with Crippen LogP contribution in [0.5, 0.6) is 5.75 Å². The van der Waals surface area contributed by atoms with Gasteiger partial charge in [-0.1, -0.05) is 50.8 Å². The Balaban J connectivity index is 0.00000109. The maximum atomic E-state index is 15.6. The maximum Gasteiger partial charge on any atom is 0.151 e. The first-order chi connectivity index (χ1) is 23.7. The molecule has 1 atom stereocenters. The summed E-state index contributed by atoms with van der Waals surface area (Å²) in [6, 6.07) is 27.6. The zero-order chi connectivity index (χ0) is 33.9. The van der Waals surface area contributed by atoms with Crippen molar-refractivity contribution in [3.05, 3.63) is 96.4 Å². The van der Waals surface area contributed by atoms with Gasteiger partial charge in [0.1, 0.15) is 23.7 Å². The second-order valence-electron chi connectivity index (χ2n) is 10.8. The molecule has 0 spiro atoms. The van der Waals surface area contributed by atoms with Crippen molar-refractivity contribution in [1.29, 1.82) is 5.26 Å². The van der Waals surface area contributed by atoms with Crippen LogP contribution in [0.4, 0.5) is 10.1 Å². The minimum atomic E-state index is -0.266. The molecule has 0 aliphatic carbocycles. The summed E-state index contributed by atoms with van der Waals surface area (Å²) in [5.41, 5.74) is 5.23.